The SMILES string of the molecule is CCCC(=O)N(CCC1=CCCCC1)C1CC(=O)N(c2ccc(-c3nc4ccc(C)cc4s3)cc2)C1=O. The van der Waals surface area contributed by atoms with Crippen molar-refractivity contribution in [2.24, 2.45) is 0 Å². The molecule has 5 rings (SSSR count). The molecular weight excluding hydrogens is 482 g/mol. The Bertz CT molecular complexity index is 1360. The third kappa shape index (κ3) is 5.37. The van der Waals surface area contributed by atoms with E-state index in [2.05, 4.69) is 25.1 Å². The number of aryl methyl sites for hydroxylation is 1. The summed E-state index contributed by atoms with van der Waals surface area (Å²) in [4.78, 5) is 47.2. The van der Waals surface area contributed by atoms with Crippen molar-refractivity contribution in [2.75, 3.05) is 11.4 Å². The Balaban J connectivity index is 1.34. The van der Waals surface area contributed by atoms with Crippen molar-refractivity contribution in [3.05, 3.63) is 59.7 Å². The Morgan fingerprint density at radius 3 is 2.68 bits per heavy atom. The van der Waals surface area contributed by atoms with Gasteiger partial charge in [0, 0.05) is 18.5 Å². The van der Waals surface area contributed by atoms with Gasteiger partial charge in [-0.25, -0.2) is 9.88 Å². The molecule has 1 aliphatic heterocycles. The van der Waals surface area contributed by atoms with Gasteiger partial charge < -0.3 is 4.90 Å². The molecule has 2 aliphatic rings. The Labute approximate surface area is 222 Å². The summed E-state index contributed by atoms with van der Waals surface area (Å²) in [5.41, 5.74) is 4.99. The molecule has 3 aromatic rings. The van der Waals surface area contributed by atoms with Gasteiger partial charge in [0.15, 0.2) is 0 Å². The molecule has 0 radical (unpaired) electrons. The van der Waals surface area contributed by atoms with Crippen LogP contribution in [-0.2, 0) is 14.4 Å². The highest BCUT2D eigenvalue weighted by molar-refractivity contribution is 7.21. The maximum absolute atomic E-state index is 13.5. The maximum atomic E-state index is 13.5. The highest BCUT2D eigenvalue weighted by Gasteiger charge is 2.44. The smallest absolute Gasteiger partial charge is 0.257 e. The summed E-state index contributed by atoms with van der Waals surface area (Å²) in [5, 5.41) is 0.900. The van der Waals surface area contributed by atoms with E-state index in [1.807, 2.05) is 25.1 Å². The number of anilines is 1. The molecule has 1 atom stereocenters. The van der Waals surface area contributed by atoms with Crippen LogP contribution in [0, 0.1) is 6.92 Å². The number of thiazole rings is 1. The number of nitrogens with zero attached hydrogens (tertiary/aromatic N) is 3. The van der Waals surface area contributed by atoms with Crippen molar-refractivity contribution in [2.45, 2.75) is 71.3 Å². The number of amides is 3. The minimum atomic E-state index is -0.733. The molecule has 0 spiro atoms. The van der Waals surface area contributed by atoms with Gasteiger partial charge in [0.2, 0.25) is 11.8 Å². The fraction of sp³-hybridized carbons (Fsp3) is 0.400. The van der Waals surface area contributed by atoms with Crippen molar-refractivity contribution in [1.29, 1.82) is 0 Å². The molecule has 3 amide bonds. The Morgan fingerprint density at radius 1 is 1.14 bits per heavy atom. The lowest BCUT2D eigenvalue weighted by molar-refractivity contribution is -0.138. The number of rotatable bonds is 8. The summed E-state index contributed by atoms with van der Waals surface area (Å²) in [7, 11) is 0. The Hall–Kier alpha value is -3.32. The third-order valence-electron chi connectivity index (χ3n) is 7.26. The van der Waals surface area contributed by atoms with Gasteiger partial charge >= 0.3 is 0 Å². The average molecular weight is 516 g/mol. The Kier molecular flexibility index (Phi) is 7.51. The summed E-state index contributed by atoms with van der Waals surface area (Å²) in [6.07, 6.45) is 8.70. The third-order valence-corrected chi connectivity index (χ3v) is 8.33. The number of carbonyl (C=O) groups excluding carboxylic acids is 3. The second kappa shape index (κ2) is 11.0. The van der Waals surface area contributed by atoms with Crippen LogP contribution in [0.15, 0.2) is 54.1 Å². The lowest BCUT2D eigenvalue weighted by atomic mass is 9.97. The number of hydrogen-bond donors (Lipinski definition) is 0. The number of benzene rings is 2. The first kappa shape index (κ1) is 25.3. The summed E-state index contributed by atoms with van der Waals surface area (Å²) >= 11 is 1.63. The first-order valence-corrected chi connectivity index (χ1v) is 14.1. The summed E-state index contributed by atoms with van der Waals surface area (Å²) in [6, 6.07) is 12.9. The highest BCUT2D eigenvalue weighted by Crippen LogP contribution is 2.33. The molecule has 6 nitrogen and oxygen atoms in total. The van der Waals surface area contributed by atoms with E-state index in [9.17, 15) is 14.4 Å². The minimum Gasteiger partial charge on any atom is -0.330 e. The average Bonchev–Trinajstić information content (AvgIpc) is 3.45. The quantitative estimate of drug-likeness (QED) is 0.256. The predicted octanol–water partition coefficient (Wildman–Crippen LogP) is 6.42. The highest BCUT2D eigenvalue weighted by atomic mass is 32.1. The van der Waals surface area contributed by atoms with Crippen molar-refractivity contribution in [1.82, 2.24) is 9.88 Å². The zero-order chi connectivity index (χ0) is 25.9. The number of imide groups is 1. The topological polar surface area (TPSA) is 70.6 Å². The normalized spacial score (nSPS) is 17.9. The maximum Gasteiger partial charge on any atom is 0.257 e. The summed E-state index contributed by atoms with van der Waals surface area (Å²) in [5.74, 6) is -0.618. The van der Waals surface area contributed by atoms with Crippen molar-refractivity contribution < 1.29 is 14.4 Å². The van der Waals surface area contributed by atoms with Crippen LogP contribution in [0.5, 0.6) is 0 Å². The van der Waals surface area contributed by atoms with Gasteiger partial charge in [-0.2, -0.15) is 0 Å². The van der Waals surface area contributed by atoms with E-state index in [0.29, 0.717) is 25.1 Å². The molecule has 1 fully saturated rings. The molecule has 1 unspecified atom stereocenters. The van der Waals surface area contributed by atoms with Gasteiger partial charge in [0.1, 0.15) is 11.0 Å². The summed E-state index contributed by atoms with van der Waals surface area (Å²) < 4.78 is 1.13. The van der Waals surface area contributed by atoms with Crippen LogP contribution in [0.2, 0.25) is 0 Å². The fourth-order valence-corrected chi connectivity index (χ4v) is 6.32. The molecule has 0 bridgehead atoms. The number of carbonyl (C=O) groups is 3. The lowest BCUT2D eigenvalue weighted by Crippen LogP contribution is -2.46. The molecule has 2 aromatic carbocycles. The molecule has 2 heterocycles. The molecule has 192 valence electrons. The van der Waals surface area contributed by atoms with Crippen molar-refractivity contribution in [3.63, 3.8) is 0 Å². The molecule has 37 heavy (non-hydrogen) atoms. The zero-order valence-electron chi connectivity index (χ0n) is 21.5. The fourth-order valence-electron chi connectivity index (χ4n) is 5.25. The van der Waals surface area contributed by atoms with E-state index in [0.717, 1.165) is 40.1 Å². The first-order chi connectivity index (χ1) is 17.9. The van der Waals surface area contributed by atoms with E-state index >= 15 is 0 Å². The minimum absolute atomic E-state index is 0.0340. The van der Waals surface area contributed by atoms with E-state index in [-0.39, 0.29) is 24.1 Å². The van der Waals surface area contributed by atoms with Gasteiger partial charge in [-0.05, 0) is 87.4 Å². The number of allylic oxidation sites excluding steroid dienone is 1. The van der Waals surface area contributed by atoms with Crippen LogP contribution < -0.4 is 4.90 Å². The number of hydrogen-bond acceptors (Lipinski definition) is 5. The molecule has 1 aliphatic carbocycles. The molecule has 0 saturated carbocycles. The van der Waals surface area contributed by atoms with E-state index in [1.165, 1.54) is 28.9 Å². The Morgan fingerprint density at radius 2 is 1.95 bits per heavy atom. The van der Waals surface area contributed by atoms with E-state index < -0.39 is 6.04 Å². The standard InChI is InChI=1S/C30H33N3O3S/c1-3-7-27(34)32(17-16-21-8-5-4-6-9-21)25-19-28(35)33(30(25)36)23-13-11-22(12-14-23)29-31-24-15-10-20(2)18-26(24)37-29/h8,10-15,18,25H,3-7,9,16-17,19H2,1-2H3. The van der Waals surface area contributed by atoms with E-state index in [4.69, 9.17) is 4.98 Å². The van der Waals surface area contributed by atoms with Crippen LogP contribution in [0.4, 0.5) is 5.69 Å². The van der Waals surface area contributed by atoms with Gasteiger partial charge in [-0.3, -0.25) is 14.4 Å². The van der Waals surface area contributed by atoms with Crippen molar-refractivity contribution >= 4 is 45.0 Å². The van der Waals surface area contributed by atoms with Crippen LogP contribution in [0.1, 0.15) is 63.9 Å². The second-order valence-electron chi connectivity index (χ2n) is 10.0. The van der Waals surface area contributed by atoms with Crippen LogP contribution >= 0.6 is 11.3 Å². The second-order valence-corrected chi connectivity index (χ2v) is 11.1. The molecular formula is C30H33N3O3S. The monoisotopic (exact) mass is 515 g/mol. The van der Waals surface area contributed by atoms with Gasteiger partial charge in [-0.1, -0.05) is 24.6 Å². The van der Waals surface area contributed by atoms with Gasteiger partial charge in [0.25, 0.3) is 5.91 Å². The van der Waals surface area contributed by atoms with Gasteiger partial charge in [0.05, 0.1) is 22.3 Å². The first-order valence-electron chi connectivity index (χ1n) is 13.3. The van der Waals surface area contributed by atoms with Gasteiger partial charge in [-0.15, -0.1) is 11.3 Å². The largest absolute Gasteiger partial charge is 0.330 e. The molecule has 0 N–H and O–H groups in total. The predicted molar refractivity (Wildman–Crippen MR) is 148 cm³/mol. The van der Waals surface area contributed by atoms with Crippen LogP contribution in [-0.4, -0.2) is 40.2 Å². The van der Waals surface area contributed by atoms with Crippen molar-refractivity contribution in [3.8, 4) is 10.6 Å². The summed E-state index contributed by atoms with van der Waals surface area (Å²) in [6.45, 7) is 4.51. The van der Waals surface area contributed by atoms with Crippen LogP contribution in [0.3, 0.4) is 0 Å². The number of fused-ring (bicyclic) bond motifs is 1. The molecule has 7 heteroatoms. The number of aromatic nitrogens is 1. The van der Waals surface area contributed by atoms with Crippen LogP contribution in [0.25, 0.3) is 20.8 Å². The lowest BCUT2D eigenvalue weighted by Gasteiger charge is -2.28. The molecule has 1 aromatic heterocycles. The van der Waals surface area contributed by atoms with E-state index in [1.54, 1.807) is 28.4 Å². The zero-order valence-corrected chi connectivity index (χ0v) is 22.4. The molecule has 1 saturated heterocycles.